The van der Waals surface area contributed by atoms with Crippen molar-refractivity contribution in [1.82, 2.24) is 14.7 Å². The number of hydrogen-bond donors (Lipinski definition) is 1. The predicted molar refractivity (Wildman–Crippen MR) is 68.6 cm³/mol. The monoisotopic (exact) mass is 245 g/mol. The summed E-state index contributed by atoms with van der Waals surface area (Å²) in [5.41, 5.74) is 1.05. The van der Waals surface area contributed by atoms with Crippen LogP contribution in [0.2, 0.25) is 0 Å². The molecule has 0 unspecified atom stereocenters. The summed E-state index contributed by atoms with van der Waals surface area (Å²) in [6.45, 7) is 6.28. The number of hydrogen-bond acceptors (Lipinski definition) is 4. The number of aliphatic hydroxyl groups excluding tert-OH is 1. The predicted octanol–water partition coefficient (Wildman–Crippen LogP) is 0.526. The van der Waals surface area contributed by atoms with Crippen molar-refractivity contribution in [2.45, 2.75) is 6.10 Å². The van der Waals surface area contributed by atoms with E-state index in [1.165, 1.54) is 0 Å². The van der Waals surface area contributed by atoms with E-state index in [2.05, 4.69) is 14.7 Å². The van der Waals surface area contributed by atoms with Gasteiger partial charge in [-0.15, -0.1) is 0 Å². The Kier molecular flexibility index (Phi) is 2.29. The van der Waals surface area contributed by atoms with Gasteiger partial charge in [0, 0.05) is 25.0 Å². The van der Waals surface area contributed by atoms with Crippen molar-refractivity contribution >= 4 is 0 Å². The van der Waals surface area contributed by atoms with Gasteiger partial charge in [0.1, 0.15) is 0 Å². The summed E-state index contributed by atoms with van der Waals surface area (Å²) in [6.07, 6.45) is -0.355. The highest BCUT2D eigenvalue weighted by Gasteiger charge is 2.52. The molecule has 4 fully saturated rings. The zero-order valence-electron chi connectivity index (χ0n) is 10.5. The molecule has 4 heteroatoms. The standard InChI is InChI=1S/C14H19N3O/c18-13(12-4-2-1-3-5-12)14-6-15-9-16(7-14)11-17(8-14)10-15/h1-5,13,18H,6-11H2/t13-/m0/s1. The van der Waals surface area contributed by atoms with Crippen LogP contribution in [-0.4, -0.2) is 59.4 Å². The summed E-state index contributed by atoms with van der Waals surface area (Å²) >= 11 is 0. The lowest BCUT2D eigenvalue weighted by Crippen LogP contribution is -2.73. The third kappa shape index (κ3) is 1.53. The first-order valence-corrected chi connectivity index (χ1v) is 6.65. The Hall–Kier alpha value is -0.940. The van der Waals surface area contributed by atoms with Gasteiger partial charge in [0.25, 0.3) is 0 Å². The first-order chi connectivity index (χ1) is 8.75. The summed E-state index contributed by atoms with van der Waals surface area (Å²) in [4.78, 5) is 7.34. The lowest BCUT2D eigenvalue weighted by molar-refractivity contribution is -0.204. The molecule has 96 valence electrons. The summed E-state index contributed by atoms with van der Waals surface area (Å²) in [6, 6.07) is 10.1. The normalized spacial score (nSPS) is 43.1. The topological polar surface area (TPSA) is 30.0 Å². The van der Waals surface area contributed by atoms with E-state index in [4.69, 9.17) is 0 Å². The van der Waals surface area contributed by atoms with Crippen LogP contribution in [0.5, 0.6) is 0 Å². The molecule has 1 aromatic carbocycles. The van der Waals surface area contributed by atoms with Crippen molar-refractivity contribution in [1.29, 1.82) is 0 Å². The fraction of sp³-hybridized carbons (Fsp3) is 0.571. The first-order valence-electron chi connectivity index (χ1n) is 6.65. The molecule has 1 atom stereocenters. The van der Waals surface area contributed by atoms with Gasteiger partial charge in [0.2, 0.25) is 0 Å². The fourth-order valence-electron chi connectivity index (χ4n) is 4.02. The molecule has 5 rings (SSSR count). The molecule has 18 heavy (non-hydrogen) atoms. The van der Waals surface area contributed by atoms with Gasteiger partial charge in [-0.05, 0) is 5.56 Å². The average Bonchev–Trinajstić information content (AvgIpc) is 2.37. The van der Waals surface area contributed by atoms with E-state index < -0.39 is 0 Å². The highest BCUT2D eigenvalue weighted by Crippen LogP contribution is 2.44. The molecular formula is C14H19N3O. The Morgan fingerprint density at radius 2 is 1.39 bits per heavy atom. The van der Waals surface area contributed by atoms with Gasteiger partial charge < -0.3 is 5.11 Å². The molecule has 4 heterocycles. The van der Waals surface area contributed by atoms with E-state index in [9.17, 15) is 5.11 Å². The van der Waals surface area contributed by atoms with Crippen LogP contribution in [0.1, 0.15) is 11.7 Å². The Morgan fingerprint density at radius 1 is 0.889 bits per heavy atom. The van der Waals surface area contributed by atoms with E-state index in [-0.39, 0.29) is 11.5 Å². The lowest BCUT2D eigenvalue weighted by atomic mass is 9.74. The van der Waals surface area contributed by atoms with E-state index in [1.54, 1.807) is 0 Å². The molecule has 0 saturated carbocycles. The second-order valence-corrected chi connectivity index (χ2v) is 6.09. The smallest absolute Gasteiger partial charge is 0.0883 e. The second kappa shape index (κ2) is 3.78. The SMILES string of the molecule is O[C@@H](c1ccccc1)C12CN3CN(CN(C3)C1)C2. The molecule has 1 N–H and O–H groups in total. The molecule has 0 aliphatic carbocycles. The lowest BCUT2D eigenvalue weighted by Gasteiger charge is -2.61. The van der Waals surface area contributed by atoms with Crippen LogP contribution < -0.4 is 0 Å². The largest absolute Gasteiger partial charge is 0.388 e. The molecule has 1 aromatic rings. The minimum absolute atomic E-state index is 0.00387. The van der Waals surface area contributed by atoms with Crippen LogP contribution in [0.3, 0.4) is 0 Å². The fourth-order valence-corrected chi connectivity index (χ4v) is 4.02. The average molecular weight is 245 g/mol. The maximum absolute atomic E-state index is 10.8. The Labute approximate surface area is 107 Å². The van der Waals surface area contributed by atoms with Gasteiger partial charge in [-0.2, -0.15) is 0 Å². The van der Waals surface area contributed by atoms with Crippen molar-refractivity contribution in [3.05, 3.63) is 35.9 Å². The second-order valence-electron chi connectivity index (χ2n) is 6.09. The Bertz CT molecular complexity index is 412. The van der Waals surface area contributed by atoms with Crippen molar-refractivity contribution < 1.29 is 5.11 Å². The van der Waals surface area contributed by atoms with Crippen LogP contribution in [-0.2, 0) is 0 Å². The van der Waals surface area contributed by atoms with Gasteiger partial charge in [-0.3, -0.25) is 14.7 Å². The number of aliphatic hydroxyl groups is 1. The minimum atomic E-state index is -0.355. The molecular weight excluding hydrogens is 226 g/mol. The molecule has 4 aliphatic rings. The number of rotatable bonds is 2. The molecule has 0 spiro atoms. The molecule has 4 aliphatic heterocycles. The summed E-state index contributed by atoms with van der Waals surface area (Å²) in [5, 5.41) is 10.8. The highest BCUT2D eigenvalue weighted by molar-refractivity contribution is 5.22. The zero-order valence-corrected chi connectivity index (χ0v) is 10.5. The quantitative estimate of drug-likeness (QED) is 0.823. The third-order valence-corrected chi connectivity index (χ3v) is 4.51. The zero-order chi connectivity index (χ0) is 12.2. The maximum atomic E-state index is 10.8. The third-order valence-electron chi connectivity index (χ3n) is 4.51. The Balaban J connectivity index is 1.67. The highest BCUT2D eigenvalue weighted by atomic mass is 16.3. The van der Waals surface area contributed by atoms with Gasteiger partial charge >= 0.3 is 0 Å². The summed E-state index contributed by atoms with van der Waals surface area (Å²) in [7, 11) is 0. The van der Waals surface area contributed by atoms with E-state index in [0.717, 1.165) is 45.2 Å². The first kappa shape index (κ1) is 10.9. The van der Waals surface area contributed by atoms with E-state index in [0.29, 0.717) is 0 Å². The molecule has 0 radical (unpaired) electrons. The van der Waals surface area contributed by atoms with Crippen LogP contribution in [0, 0.1) is 5.41 Å². The maximum Gasteiger partial charge on any atom is 0.0883 e. The van der Waals surface area contributed by atoms with Crippen LogP contribution in [0.4, 0.5) is 0 Å². The molecule has 4 bridgehead atoms. The van der Waals surface area contributed by atoms with Crippen molar-refractivity contribution in [2.24, 2.45) is 5.41 Å². The van der Waals surface area contributed by atoms with E-state index >= 15 is 0 Å². The molecule has 0 aromatic heterocycles. The summed E-state index contributed by atoms with van der Waals surface area (Å²) < 4.78 is 0. The Morgan fingerprint density at radius 3 is 1.89 bits per heavy atom. The minimum Gasteiger partial charge on any atom is -0.388 e. The number of benzene rings is 1. The van der Waals surface area contributed by atoms with Gasteiger partial charge in [0.15, 0.2) is 0 Å². The molecule has 4 nitrogen and oxygen atoms in total. The van der Waals surface area contributed by atoms with Gasteiger partial charge in [-0.25, -0.2) is 0 Å². The number of nitrogens with zero attached hydrogens (tertiary/aromatic N) is 3. The van der Waals surface area contributed by atoms with Crippen LogP contribution in [0.15, 0.2) is 30.3 Å². The van der Waals surface area contributed by atoms with E-state index in [1.807, 2.05) is 30.3 Å². The van der Waals surface area contributed by atoms with Crippen molar-refractivity contribution in [2.75, 3.05) is 39.6 Å². The summed E-state index contributed by atoms with van der Waals surface area (Å²) in [5.74, 6) is 0. The van der Waals surface area contributed by atoms with Gasteiger partial charge in [-0.1, -0.05) is 30.3 Å². The van der Waals surface area contributed by atoms with Crippen molar-refractivity contribution in [3.63, 3.8) is 0 Å². The van der Waals surface area contributed by atoms with Crippen LogP contribution >= 0.6 is 0 Å². The van der Waals surface area contributed by atoms with Gasteiger partial charge in [0.05, 0.1) is 26.1 Å². The molecule has 4 saturated heterocycles. The molecule has 0 amide bonds. The van der Waals surface area contributed by atoms with Crippen molar-refractivity contribution in [3.8, 4) is 0 Å². The van der Waals surface area contributed by atoms with Crippen LogP contribution in [0.25, 0.3) is 0 Å².